The minimum absolute atomic E-state index is 0.342. The lowest BCUT2D eigenvalue weighted by Crippen LogP contribution is -2.62. The molecule has 0 aromatic carbocycles. The molecule has 2 rings (SSSR count). The maximum Gasteiger partial charge on any atom is 0.0661 e. The van der Waals surface area contributed by atoms with Crippen molar-refractivity contribution in [2.24, 2.45) is 16.6 Å². The zero-order chi connectivity index (χ0) is 13.2. The Labute approximate surface area is 113 Å². The van der Waals surface area contributed by atoms with Gasteiger partial charge in [-0.25, -0.2) is 0 Å². The van der Waals surface area contributed by atoms with E-state index < -0.39 is 0 Å². The summed E-state index contributed by atoms with van der Waals surface area (Å²) in [5, 5.41) is 0. The van der Waals surface area contributed by atoms with Gasteiger partial charge in [-0.2, -0.15) is 0 Å². The summed E-state index contributed by atoms with van der Waals surface area (Å²) in [5.41, 5.74) is 7.04. The van der Waals surface area contributed by atoms with Gasteiger partial charge in [0.2, 0.25) is 0 Å². The van der Waals surface area contributed by atoms with Crippen LogP contribution >= 0.6 is 0 Å². The lowest BCUT2D eigenvalue weighted by molar-refractivity contribution is -0.137. The van der Waals surface area contributed by atoms with Crippen molar-refractivity contribution < 1.29 is 4.74 Å². The minimum atomic E-state index is 0.342. The van der Waals surface area contributed by atoms with E-state index in [9.17, 15) is 0 Å². The molecule has 106 valence electrons. The lowest BCUT2D eigenvalue weighted by atomic mass is 9.58. The molecule has 2 nitrogen and oxygen atoms in total. The summed E-state index contributed by atoms with van der Waals surface area (Å²) in [7, 11) is 0. The van der Waals surface area contributed by atoms with Gasteiger partial charge in [0.25, 0.3) is 0 Å². The normalized spacial score (nSPS) is 32.0. The number of nitrogens with two attached hydrogens (primary N) is 1. The topological polar surface area (TPSA) is 35.2 Å². The van der Waals surface area contributed by atoms with Crippen LogP contribution in [0.25, 0.3) is 0 Å². The van der Waals surface area contributed by atoms with E-state index in [1.807, 2.05) is 0 Å². The molecule has 2 heteroatoms. The van der Waals surface area contributed by atoms with Crippen LogP contribution in [0.5, 0.6) is 0 Å². The number of hydrogen-bond acceptors (Lipinski definition) is 2. The van der Waals surface area contributed by atoms with E-state index in [-0.39, 0.29) is 0 Å². The smallest absolute Gasteiger partial charge is 0.0661 e. The third-order valence-corrected chi connectivity index (χ3v) is 5.05. The molecule has 2 aliphatic carbocycles. The summed E-state index contributed by atoms with van der Waals surface area (Å²) in [6.45, 7) is 7.75. The van der Waals surface area contributed by atoms with Gasteiger partial charge in [0.1, 0.15) is 0 Å². The quantitative estimate of drug-likeness (QED) is 0.828. The van der Waals surface area contributed by atoms with Gasteiger partial charge in [-0.05, 0) is 31.1 Å². The van der Waals surface area contributed by atoms with Crippen molar-refractivity contribution >= 4 is 0 Å². The molecule has 0 aliphatic heterocycles. The van der Waals surface area contributed by atoms with Crippen LogP contribution in [0.15, 0.2) is 0 Å². The Kier molecular flexibility index (Phi) is 4.38. The first-order chi connectivity index (χ1) is 8.44. The number of ether oxygens (including phenoxy) is 1. The zero-order valence-corrected chi connectivity index (χ0v) is 12.5. The number of rotatable bonds is 3. The highest BCUT2D eigenvalue weighted by molar-refractivity contribution is 5.06. The highest BCUT2D eigenvalue weighted by Crippen LogP contribution is 2.51. The van der Waals surface area contributed by atoms with Crippen molar-refractivity contribution in [3.05, 3.63) is 0 Å². The van der Waals surface area contributed by atoms with Crippen molar-refractivity contribution in [2.75, 3.05) is 6.61 Å². The SMILES string of the molecule is CC(C)(C)CCOC1CC(N)C12CCCCCC2. The van der Waals surface area contributed by atoms with Crippen LogP contribution < -0.4 is 5.73 Å². The average Bonchev–Trinajstić information content (AvgIpc) is 2.54. The van der Waals surface area contributed by atoms with E-state index in [1.54, 1.807) is 0 Å². The molecule has 0 aromatic rings. The molecule has 2 unspecified atom stereocenters. The van der Waals surface area contributed by atoms with Crippen molar-refractivity contribution in [3.8, 4) is 0 Å². The molecule has 2 saturated carbocycles. The molecule has 0 bridgehead atoms. The molecule has 0 heterocycles. The van der Waals surface area contributed by atoms with Gasteiger partial charge >= 0.3 is 0 Å². The van der Waals surface area contributed by atoms with Crippen molar-refractivity contribution in [1.82, 2.24) is 0 Å². The molecular weight excluding hydrogens is 222 g/mol. The van der Waals surface area contributed by atoms with Crippen LogP contribution in [0.3, 0.4) is 0 Å². The predicted octanol–water partition coefficient (Wildman–Crippen LogP) is 3.88. The summed E-state index contributed by atoms with van der Waals surface area (Å²) in [5.74, 6) is 0. The van der Waals surface area contributed by atoms with Crippen molar-refractivity contribution in [1.29, 1.82) is 0 Å². The first kappa shape index (κ1) is 14.3. The van der Waals surface area contributed by atoms with Crippen LogP contribution in [0.4, 0.5) is 0 Å². The lowest BCUT2D eigenvalue weighted by Gasteiger charge is -2.54. The van der Waals surface area contributed by atoms with Gasteiger partial charge in [-0.15, -0.1) is 0 Å². The Balaban J connectivity index is 1.85. The first-order valence-electron chi connectivity index (χ1n) is 7.81. The summed E-state index contributed by atoms with van der Waals surface area (Å²) in [6, 6.07) is 0.398. The highest BCUT2D eigenvalue weighted by Gasteiger charge is 2.53. The monoisotopic (exact) mass is 253 g/mol. The zero-order valence-electron chi connectivity index (χ0n) is 12.5. The molecule has 2 N–H and O–H groups in total. The van der Waals surface area contributed by atoms with Gasteiger partial charge < -0.3 is 10.5 Å². The second-order valence-electron chi connectivity index (χ2n) is 7.66. The first-order valence-corrected chi connectivity index (χ1v) is 7.81. The van der Waals surface area contributed by atoms with E-state index in [2.05, 4.69) is 20.8 Å². The van der Waals surface area contributed by atoms with E-state index in [4.69, 9.17) is 10.5 Å². The van der Waals surface area contributed by atoms with Crippen LogP contribution in [-0.2, 0) is 4.74 Å². The second kappa shape index (κ2) is 5.50. The molecular formula is C16H31NO. The summed E-state index contributed by atoms with van der Waals surface area (Å²) >= 11 is 0. The van der Waals surface area contributed by atoms with Gasteiger partial charge in [0, 0.05) is 18.1 Å². The molecule has 18 heavy (non-hydrogen) atoms. The van der Waals surface area contributed by atoms with E-state index >= 15 is 0 Å². The third-order valence-electron chi connectivity index (χ3n) is 5.05. The Hall–Kier alpha value is -0.0800. The van der Waals surface area contributed by atoms with Crippen LogP contribution in [-0.4, -0.2) is 18.8 Å². The number of hydrogen-bond donors (Lipinski definition) is 1. The fraction of sp³-hybridized carbons (Fsp3) is 1.00. The largest absolute Gasteiger partial charge is 0.377 e. The van der Waals surface area contributed by atoms with E-state index in [0.29, 0.717) is 23.0 Å². The Morgan fingerprint density at radius 1 is 1.11 bits per heavy atom. The van der Waals surface area contributed by atoms with Gasteiger partial charge in [-0.3, -0.25) is 0 Å². The maximum absolute atomic E-state index is 6.33. The minimum Gasteiger partial charge on any atom is -0.377 e. The summed E-state index contributed by atoms with van der Waals surface area (Å²) in [6.07, 6.45) is 10.8. The molecule has 0 amide bonds. The predicted molar refractivity (Wildman–Crippen MR) is 76.5 cm³/mol. The summed E-state index contributed by atoms with van der Waals surface area (Å²) < 4.78 is 6.19. The Morgan fingerprint density at radius 3 is 2.22 bits per heavy atom. The van der Waals surface area contributed by atoms with Gasteiger partial charge in [0.05, 0.1) is 6.10 Å². The standard InChI is InChI=1S/C16H31NO/c1-15(2,3)10-11-18-14-12-13(17)16(14)8-6-4-5-7-9-16/h13-14H,4-12,17H2,1-3H3. The molecule has 1 spiro atoms. The summed E-state index contributed by atoms with van der Waals surface area (Å²) in [4.78, 5) is 0. The third kappa shape index (κ3) is 3.08. The highest BCUT2D eigenvalue weighted by atomic mass is 16.5. The fourth-order valence-electron chi connectivity index (χ4n) is 3.60. The second-order valence-corrected chi connectivity index (χ2v) is 7.66. The molecule has 0 radical (unpaired) electrons. The van der Waals surface area contributed by atoms with E-state index in [0.717, 1.165) is 19.4 Å². The Morgan fingerprint density at radius 2 is 1.72 bits per heavy atom. The molecule has 0 aromatic heterocycles. The van der Waals surface area contributed by atoms with E-state index in [1.165, 1.54) is 38.5 Å². The molecule has 2 atom stereocenters. The molecule has 2 fully saturated rings. The van der Waals surface area contributed by atoms with Gasteiger partial charge in [-0.1, -0.05) is 46.5 Å². The molecule has 2 aliphatic rings. The Bertz CT molecular complexity index is 261. The molecule has 0 saturated heterocycles. The maximum atomic E-state index is 6.33. The van der Waals surface area contributed by atoms with Crippen LogP contribution in [0.2, 0.25) is 0 Å². The average molecular weight is 253 g/mol. The van der Waals surface area contributed by atoms with Crippen molar-refractivity contribution in [3.63, 3.8) is 0 Å². The van der Waals surface area contributed by atoms with Crippen molar-refractivity contribution in [2.45, 2.75) is 84.3 Å². The van der Waals surface area contributed by atoms with Crippen LogP contribution in [0.1, 0.15) is 72.1 Å². The fourth-order valence-corrected chi connectivity index (χ4v) is 3.60. The van der Waals surface area contributed by atoms with Crippen LogP contribution in [0, 0.1) is 10.8 Å². The van der Waals surface area contributed by atoms with Gasteiger partial charge in [0.15, 0.2) is 0 Å².